The first-order valence-electron chi connectivity index (χ1n) is 3.66. The molecule has 0 aliphatic rings. The molecule has 0 saturated carbocycles. The first-order valence-corrected chi connectivity index (χ1v) is 3.66. The van der Waals surface area contributed by atoms with E-state index in [0.29, 0.717) is 12.1 Å². The number of phenols is 1. The van der Waals surface area contributed by atoms with Gasteiger partial charge in [-0.25, -0.2) is 4.79 Å². The molecular formula is C8H6F3NO3. The molecule has 4 nitrogen and oxygen atoms in total. The fourth-order valence-corrected chi connectivity index (χ4v) is 1.12. The van der Waals surface area contributed by atoms with Gasteiger partial charge in [-0.2, -0.15) is 13.2 Å². The van der Waals surface area contributed by atoms with E-state index in [1.54, 1.807) is 0 Å². The first kappa shape index (κ1) is 11.2. The van der Waals surface area contributed by atoms with Gasteiger partial charge in [-0.05, 0) is 6.07 Å². The molecule has 82 valence electrons. The minimum Gasteiger partial charge on any atom is -0.507 e. The number of halogens is 3. The number of nitrogen functional groups attached to an aromatic ring is 1. The highest BCUT2D eigenvalue weighted by Crippen LogP contribution is 2.39. The summed E-state index contributed by atoms with van der Waals surface area (Å²) in [6, 6.07) is 1.29. The lowest BCUT2D eigenvalue weighted by molar-refractivity contribution is -0.139. The molecule has 1 aromatic rings. The number of alkyl halides is 3. The van der Waals surface area contributed by atoms with Crippen LogP contribution in [0.5, 0.6) is 5.75 Å². The number of anilines is 1. The number of nitrogens with two attached hydrogens (primary N) is 1. The molecule has 0 spiro atoms. The third-order valence-electron chi connectivity index (χ3n) is 1.65. The molecule has 0 unspecified atom stereocenters. The number of phenolic OH excluding ortho intramolecular Hbond substituents is 1. The summed E-state index contributed by atoms with van der Waals surface area (Å²) < 4.78 is 37.0. The molecule has 1 aromatic carbocycles. The SMILES string of the molecule is Nc1cc(O)c(C(F)(F)F)c(C(=O)O)c1. The quantitative estimate of drug-likeness (QED) is 0.630. The number of carboxylic acids is 1. The number of benzene rings is 1. The molecule has 0 aromatic heterocycles. The zero-order chi connectivity index (χ0) is 11.8. The number of hydrogen-bond donors (Lipinski definition) is 3. The van der Waals surface area contributed by atoms with E-state index in [-0.39, 0.29) is 5.69 Å². The third-order valence-corrected chi connectivity index (χ3v) is 1.65. The molecule has 7 heteroatoms. The second-order valence-corrected chi connectivity index (χ2v) is 2.77. The van der Waals surface area contributed by atoms with Gasteiger partial charge in [0.2, 0.25) is 0 Å². The van der Waals surface area contributed by atoms with Crippen LogP contribution in [0.4, 0.5) is 18.9 Å². The number of aromatic carboxylic acids is 1. The van der Waals surface area contributed by atoms with Gasteiger partial charge >= 0.3 is 12.1 Å². The van der Waals surface area contributed by atoms with Gasteiger partial charge in [0.1, 0.15) is 11.3 Å². The zero-order valence-corrected chi connectivity index (χ0v) is 7.17. The standard InChI is InChI=1S/C8H6F3NO3/c9-8(10,11)6-4(7(14)15)1-3(12)2-5(6)13/h1-2,13H,12H2,(H,14,15). The Labute approximate surface area is 81.7 Å². The Bertz CT molecular complexity index is 414. The fourth-order valence-electron chi connectivity index (χ4n) is 1.12. The van der Waals surface area contributed by atoms with Gasteiger partial charge in [-0.15, -0.1) is 0 Å². The highest BCUT2D eigenvalue weighted by molar-refractivity contribution is 5.91. The molecule has 0 radical (unpaired) electrons. The molecule has 0 atom stereocenters. The van der Waals surface area contributed by atoms with Gasteiger partial charge in [0.25, 0.3) is 0 Å². The molecule has 0 bridgehead atoms. The van der Waals surface area contributed by atoms with E-state index in [4.69, 9.17) is 15.9 Å². The van der Waals surface area contributed by atoms with E-state index in [2.05, 4.69) is 0 Å². The number of aromatic hydroxyl groups is 1. The summed E-state index contributed by atoms with van der Waals surface area (Å²) in [5, 5.41) is 17.5. The topological polar surface area (TPSA) is 83.5 Å². The number of hydrogen-bond acceptors (Lipinski definition) is 3. The summed E-state index contributed by atoms with van der Waals surface area (Å²) in [5.41, 5.74) is 2.20. The summed E-state index contributed by atoms with van der Waals surface area (Å²) in [4.78, 5) is 10.5. The van der Waals surface area contributed by atoms with Crippen molar-refractivity contribution in [3.05, 3.63) is 23.3 Å². The van der Waals surface area contributed by atoms with Crippen molar-refractivity contribution in [1.29, 1.82) is 0 Å². The maximum atomic E-state index is 12.3. The molecular weight excluding hydrogens is 215 g/mol. The Morgan fingerprint density at radius 1 is 1.33 bits per heavy atom. The van der Waals surface area contributed by atoms with Crippen LogP contribution in [0.25, 0.3) is 0 Å². The van der Waals surface area contributed by atoms with Crippen LogP contribution in [0.2, 0.25) is 0 Å². The maximum absolute atomic E-state index is 12.3. The number of carboxylic acid groups (broad SMARTS) is 1. The molecule has 0 aliphatic carbocycles. The Kier molecular flexibility index (Phi) is 2.48. The Morgan fingerprint density at radius 2 is 1.87 bits per heavy atom. The summed E-state index contributed by atoms with van der Waals surface area (Å²) in [7, 11) is 0. The number of rotatable bonds is 1. The minimum atomic E-state index is -4.94. The van der Waals surface area contributed by atoms with Crippen molar-refractivity contribution < 1.29 is 28.2 Å². The van der Waals surface area contributed by atoms with Crippen LogP contribution in [-0.4, -0.2) is 16.2 Å². The normalized spacial score (nSPS) is 11.4. The zero-order valence-electron chi connectivity index (χ0n) is 7.17. The summed E-state index contributed by atoms with van der Waals surface area (Å²) in [5.74, 6) is -3.00. The minimum absolute atomic E-state index is 0.252. The molecule has 0 fully saturated rings. The molecule has 4 N–H and O–H groups in total. The monoisotopic (exact) mass is 221 g/mol. The molecule has 0 aliphatic heterocycles. The summed E-state index contributed by atoms with van der Waals surface area (Å²) in [6.45, 7) is 0. The smallest absolute Gasteiger partial charge is 0.420 e. The Hall–Kier alpha value is -1.92. The van der Waals surface area contributed by atoms with Crippen LogP contribution < -0.4 is 5.73 Å². The van der Waals surface area contributed by atoms with Gasteiger partial charge in [0.05, 0.1) is 5.56 Å². The van der Waals surface area contributed by atoms with Gasteiger partial charge in [-0.1, -0.05) is 0 Å². The largest absolute Gasteiger partial charge is 0.507 e. The van der Waals surface area contributed by atoms with E-state index < -0.39 is 29.0 Å². The van der Waals surface area contributed by atoms with Gasteiger partial charge < -0.3 is 15.9 Å². The Balaban J connectivity index is 3.55. The molecule has 0 saturated heterocycles. The lowest BCUT2D eigenvalue weighted by Gasteiger charge is -2.12. The predicted molar refractivity (Wildman–Crippen MR) is 44.5 cm³/mol. The van der Waals surface area contributed by atoms with Crippen LogP contribution in [0.3, 0.4) is 0 Å². The number of carbonyl (C=O) groups is 1. The van der Waals surface area contributed by atoms with Crippen LogP contribution in [-0.2, 0) is 6.18 Å². The molecule has 15 heavy (non-hydrogen) atoms. The van der Waals surface area contributed by atoms with E-state index in [0.717, 1.165) is 0 Å². The van der Waals surface area contributed by atoms with Crippen LogP contribution in [0.1, 0.15) is 15.9 Å². The van der Waals surface area contributed by atoms with Gasteiger partial charge in [0.15, 0.2) is 0 Å². The van der Waals surface area contributed by atoms with E-state index >= 15 is 0 Å². The molecule has 0 heterocycles. The average Bonchev–Trinajstić information content (AvgIpc) is 1.99. The lowest BCUT2D eigenvalue weighted by Crippen LogP contribution is -2.13. The van der Waals surface area contributed by atoms with Crippen LogP contribution in [0, 0.1) is 0 Å². The average molecular weight is 221 g/mol. The molecule has 0 amide bonds. The van der Waals surface area contributed by atoms with Crippen LogP contribution >= 0.6 is 0 Å². The van der Waals surface area contributed by atoms with E-state index in [1.807, 2.05) is 0 Å². The Morgan fingerprint density at radius 3 is 2.27 bits per heavy atom. The van der Waals surface area contributed by atoms with Crippen molar-refractivity contribution in [1.82, 2.24) is 0 Å². The van der Waals surface area contributed by atoms with Crippen molar-refractivity contribution >= 4 is 11.7 Å². The van der Waals surface area contributed by atoms with Crippen molar-refractivity contribution in [2.24, 2.45) is 0 Å². The van der Waals surface area contributed by atoms with E-state index in [1.165, 1.54) is 0 Å². The van der Waals surface area contributed by atoms with Gasteiger partial charge in [-0.3, -0.25) is 0 Å². The highest BCUT2D eigenvalue weighted by Gasteiger charge is 2.38. The predicted octanol–water partition coefficient (Wildman–Crippen LogP) is 1.69. The van der Waals surface area contributed by atoms with Crippen molar-refractivity contribution in [2.75, 3.05) is 5.73 Å². The summed E-state index contributed by atoms with van der Waals surface area (Å²) in [6.07, 6.45) is -4.94. The van der Waals surface area contributed by atoms with Crippen molar-refractivity contribution in [3.63, 3.8) is 0 Å². The van der Waals surface area contributed by atoms with Crippen molar-refractivity contribution in [2.45, 2.75) is 6.18 Å². The second kappa shape index (κ2) is 3.34. The third kappa shape index (κ3) is 2.12. The fraction of sp³-hybridized carbons (Fsp3) is 0.125. The van der Waals surface area contributed by atoms with Crippen molar-refractivity contribution in [3.8, 4) is 5.75 Å². The highest BCUT2D eigenvalue weighted by atomic mass is 19.4. The first-order chi connectivity index (χ1) is 6.73. The maximum Gasteiger partial charge on any atom is 0.420 e. The van der Waals surface area contributed by atoms with E-state index in [9.17, 15) is 18.0 Å². The molecule has 1 rings (SSSR count). The van der Waals surface area contributed by atoms with Crippen LogP contribution in [0.15, 0.2) is 12.1 Å². The van der Waals surface area contributed by atoms with Gasteiger partial charge in [0, 0.05) is 11.8 Å². The second-order valence-electron chi connectivity index (χ2n) is 2.77. The lowest BCUT2D eigenvalue weighted by atomic mass is 10.0. The summed E-state index contributed by atoms with van der Waals surface area (Å²) >= 11 is 0.